The van der Waals surface area contributed by atoms with Crippen molar-refractivity contribution in [1.82, 2.24) is 25.0 Å². The lowest BCUT2D eigenvalue weighted by molar-refractivity contribution is 0.0697. The van der Waals surface area contributed by atoms with E-state index in [1.54, 1.807) is 11.8 Å². The molecule has 3 rings (SSSR count). The molecule has 0 unspecified atom stereocenters. The fourth-order valence-corrected chi connectivity index (χ4v) is 2.95. The number of aromatic nitrogens is 4. The summed E-state index contributed by atoms with van der Waals surface area (Å²) in [6.45, 7) is 6.96. The van der Waals surface area contributed by atoms with Crippen LogP contribution in [0.1, 0.15) is 66.6 Å². The van der Waals surface area contributed by atoms with Crippen molar-refractivity contribution in [2.45, 2.75) is 45.4 Å². The Bertz CT molecular complexity index is 746. The minimum absolute atomic E-state index is 0.0701. The number of halogens is 1. The first kappa shape index (κ1) is 16.8. The van der Waals surface area contributed by atoms with Gasteiger partial charge in [0.25, 0.3) is 5.91 Å². The molecule has 8 heteroatoms. The zero-order valence-corrected chi connectivity index (χ0v) is 14.7. The van der Waals surface area contributed by atoms with Crippen LogP contribution in [0.15, 0.2) is 10.7 Å². The quantitative estimate of drug-likeness (QED) is 0.846. The lowest BCUT2D eigenvalue weighted by atomic mass is 9.97. The van der Waals surface area contributed by atoms with Crippen molar-refractivity contribution in [2.24, 2.45) is 0 Å². The van der Waals surface area contributed by atoms with E-state index < -0.39 is 0 Å². The molecule has 0 spiro atoms. The molecular weight excluding hydrogens is 330 g/mol. The third-order valence-corrected chi connectivity index (χ3v) is 4.37. The van der Waals surface area contributed by atoms with Gasteiger partial charge in [0.15, 0.2) is 11.5 Å². The Morgan fingerprint density at radius 1 is 1.42 bits per heavy atom. The normalized spacial score (nSPS) is 18.2. The Morgan fingerprint density at radius 3 is 2.92 bits per heavy atom. The van der Waals surface area contributed by atoms with Crippen molar-refractivity contribution in [2.75, 3.05) is 13.1 Å². The van der Waals surface area contributed by atoms with Crippen LogP contribution in [0.3, 0.4) is 0 Å². The molecule has 2 aromatic heterocycles. The van der Waals surface area contributed by atoms with Gasteiger partial charge >= 0.3 is 0 Å². The molecule has 1 aliphatic rings. The number of carbonyl (C=O) groups excluding carboxylic acids is 1. The lowest BCUT2D eigenvalue weighted by Gasteiger charge is -2.31. The summed E-state index contributed by atoms with van der Waals surface area (Å²) in [5.41, 5.74) is 0.251. The summed E-state index contributed by atoms with van der Waals surface area (Å²) in [4.78, 5) is 27.2. The van der Waals surface area contributed by atoms with Gasteiger partial charge in [-0.25, -0.2) is 9.97 Å². The summed E-state index contributed by atoms with van der Waals surface area (Å²) < 4.78 is 5.29. The molecule has 2 aromatic rings. The SMILES string of the molecule is Cc1ncc(Cl)c(C(=O)N2CCC[C@H](c3noc(C(C)C)n3)C2)n1. The number of aryl methyl sites for hydroxylation is 1. The fourth-order valence-electron chi connectivity index (χ4n) is 2.77. The van der Waals surface area contributed by atoms with Gasteiger partial charge in [-0.1, -0.05) is 30.6 Å². The second-order valence-corrected chi connectivity index (χ2v) is 6.76. The van der Waals surface area contributed by atoms with E-state index in [-0.39, 0.29) is 28.5 Å². The van der Waals surface area contributed by atoms with E-state index in [1.165, 1.54) is 6.20 Å². The average molecular weight is 350 g/mol. The first-order valence-corrected chi connectivity index (χ1v) is 8.45. The van der Waals surface area contributed by atoms with Crippen LogP contribution in [0.2, 0.25) is 5.02 Å². The van der Waals surface area contributed by atoms with E-state index in [2.05, 4.69) is 20.1 Å². The molecule has 3 heterocycles. The highest BCUT2D eigenvalue weighted by Crippen LogP contribution is 2.27. The molecule has 0 aliphatic carbocycles. The topological polar surface area (TPSA) is 85.0 Å². The number of piperidine rings is 1. The van der Waals surface area contributed by atoms with E-state index in [4.69, 9.17) is 16.1 Å². The van der Waals surface area contributed by atoms with Gasteiger partial charge in [-0.15, -0.1) is 0 Å². The third-order valence-electron chi connectivity index (χ3n) is 4.09. The smallest absolute Gasteiger partial charge is 0.274 e. The predicted molar refractivity (Wildman–Crippen MR) is 88.0 cm³/mol. The van der Waals surface area contributed by atoms with Crippen LogP contribution in [0.4, 0.5) is 0 Å². The summed E-state index contributed by atoms with van der Waals surface area (Å²) in [5, 5.41) is 4.36. The summed E-state index contributed by atoms with van der Waals surface area (Å²) in [7, 11) is 0. The average Bonchev–Trinajstić information content (AvgIpc) is 3.07. The van der Waals surface area contributed by atoms with Gasteiger partial charge in [0, 0.05) is 24.9 Å². The number of nitrogens with zero attached hydrogens (tertiary/aromatic N) is 5. The molecule has 7 nitrogen and oxygen atoms in total. The standard InChI is InChI=1S/C16H20ClN5O2/c1-9(2)15-20-14(21-24-15)11-5-4-6-22(8-11)16(23)13-12(17)7-18-10(3)19-13/h7,9,11H,4-6,8H2,1-3H3/t11-/m0/s1. The van der Waals surface area contributed by atoms with Crippen LogP contribution in [-0.4, -0.2) is 44.0 Å². The van der Waals surface area contributed by atoms with Crippen molar-refractivity contribution in [3.63, 3.8) is 0 Å². The monoisotopic (exact) mass is 349 g/mol. The highest BCUT2D eigenvalue weighted by atomic mass is 35.5. The maximum absolute atomic E-state index is 12.8. The lowest BCUT2D eigenvalue weighted by Crippen LogP contribution is -2.40. The van der Waals surface area contributed by atoms with E-state index in [0.29, 0.717) is 30.6 Å². The Morgan fingerprint density at radius 2 is 2.21 bits per heavy atom. The fraction of sp³-hybridized carbons (Fsp3) is 0.562. The number of hydrogen-bond acceptors (Lipinski definition) is 6. The van der Waals surface area contributed by atoms with E-state index in [1.807, 2.05) is 13.8 Å². The predicted octanol–water partition coefficient (Wildman–Crippen LogP) is 2.96. The number of carbonyl (C=O) groups is 1. The van der Waals surface area contributed by atoms with Crippen LogP contribution in [-0.2, 0) is 0 Å². The Balaban J connectivity index is 1.77. The van der Waals surface area contributed by atoms with Gasteiger partial charge in [0.2, 0.25) is 5.89 Å². The summed E-state index contributed by atoms with van der Waals surface area (Å²) >= 11 is 6.09. The van der Waals surface area contributed by atoms with Crippen LogP contribution in [0.5, 0.6) is 0 Å². The molecule has 1 amide bonds. The maximum atomic E-state index is 12.8. The molecule has 1 aliphatic heterocycles. The summed E-state index contributed by atoms with van der Waals surface area (Å²) in [6.07, 6.45) is 3.27. The molecule has 1 saturated heterocycles. The minimum atomic E-state index is -0.178. The highest BCUT2D eigenvalue weighted by Gasteiger charge is 2.30. The minimum Gasteiger partial charge on any atom is -0.339 e. The van der Waals surface area contributed by atoms with Gasteiger partial charge < -0.3 is 9.42 Å². The zero-order valence-electron chi connectivity index (χ0n) is 14.0. The van der Waals surface area contributed by atoms with E-state index >= 15 is 0 Å². The summed E-state index contributed by atoms with van der Waals surface area (Å²) in [5.74, 6) is 1.90. The Labute approximate surface area is 145 Å². The van der Waals surface area contributed by atoms with Gasteiger partial charge in [-0.3, -0.25) is 4.79 Å². The molecule has 1 atom stereocenters. The second-order valence-electron chi connectivity index (χ2n) is 6.35. The van der Waals surface area contributed by atoms with Crippen LogP contribution in [0, 0.1) is 6.92 Å². The maximum Gasteiger partial charge on any atom is 0.274 e. The first-order valence-electron chi connectivity index (χ1n) is 8.07. The molecule has 0 saturated carbocycles. The van der Waals surface area contributed by atoms with Crippen LogP contribution in [0.25, 0.3) is 0 Å². The van der Waals surface area contributed by atoms with Gasteiger partial charge in [-0.2, -0.15) is 4.98 Å². The van der Waals surface area contributed by atoms with Crippen LogP contribution >= 0.6 is 11.6 Å². The van der Waals surface area contributed by atoms with Crippen molar-refractivity contribution >= 4 is 17.5 Å². The van der Waals surface area contributed by atoms with E-state index in [0.717, 1.165) is 12.8 Å². The van der Waals surface area contributed by atoms with Gasteiger partial charge in [-0.05, 0) is 19.8 Å². The first-order chi connectivity index (χ1) is 11.5. The number of amides is 1. The molecule has 128 valence electrons. The van der Waals surface area contributed by atoms with Gasteiger partial charge in [0.05, 0.1) is 11.2 Å². The van der Waals surface area contributed by atoms with Crippen molar-refractivity contribution in [3.8, 4) is 0 Å². The molecule has 0 radical (unpaired) electrons. The highest BCUT2D eigenvalue weighted by molar-refractivity contribution is 6.33. The van der Waals surface area contributed by atoms with Crippen molar-refractivity contribution in [1.29, 1.82) is 0 Å². The largest absolute Gasteiger partial charge is 0.339 e. The second kappa shape index (κ2) is 6.84. The van der Waals surface area contributed by atoms with Crippen molar-refractivity contribution < 1.29 is 9.32 Å². The number of likely N-dealkylation sites (tertiary alicyclic amines) is 1. The molecule has 0 aromatic carbocycles. The van der Waals surface area contributed by atoms with Crippen molar-refractivity contribution in [3.05, 3.63) is 34.5 Å². The summed E-state index contributed by atoms with van der Waals surface area (Å²) in [6, 6.07) is 0. The molecule has 0 N–H and O–H groups in total. The Hall–Kier alpha value is -2.02. The van der Waals surface area contributed by atoms with Gasteiger partial charge in [0.1, 0.15) is 5.82 Å². The third kappa shape index (κ3) is 3.40. The molecule has 1 fully saturated rings. The van der Waals surface area contributed by atoms with E-state index in [9.17, 15) is 4.79 Å². The molecular formula is C16H20ClN5O2. The number of hydrogen-bond donors (Lipinski definition) is 0. The molecule has 0 bridgehead atoms. The van der Waals surface area contributed by atoms with Crippen LogP contribution < -0.4 is 0 Å². The number of rotatable bonds is 3. The zero-order chi connectivity index (χ0) is 17.3. The Kier molecular flexibility index (Phi) is 4.80. The molecule has 24 heavy (non-hydrogen) atoms.